The van der Waals surface area contributed by atoms with Crippen LogP contribution in [0.25, 0.3) is 10.8 Å². The molecule has 0 aromatic heterocycles. The Morgan fingerprint density at radius 3 is 2.59 bits per heavy atom. The first-order chi connectivity index (χ1) is 12.8. The maximum absolute atomic E-state index is 13.1. The molecule has 8 heteroatoms. The zero-order valence-corrected chi connectivity index (χ0v) is 14.0. The third kappa shape index (κ3) is 1.71. The number of nitro benzene ring substituents is 1. The molecule has 5 rings (SSSR count). The third-order valence-corrected chi connectivity index (χ3v) is 5.42. The largest absolute Gasteiger partial charge is 0.508 e. The lowest BCUT2D eigenvalue weighted by Crippen LogP contribution is -2.41. The molecule has 27 heavy (non-hydrogen) atoms. The van der Waals surface area contributed by atoms with Crippen molar-refractivity contribution in [2.45, 2.75) is 12.5 Å². The molecule has 0 aliphatic carbocycles. The van der Waals surface area contributed by atoms with Crippen molar-refractivity contribution in [2.24, 2.45) is 5.92 Å². The Bertz CT molecular complexity index is 1160. The minimum atomic E-state index is -1.29. The fourth-order valence-corrected chi connectivity index (χ4v) is 4.12. The summed E-state index contributed by atoms with van der Waals surface area (Å²) in [7, 11) is 0. The van der Waals surface area contributed by atoms with E-state index < -0.39 is 28.3 Å². The number of aliphatic hydroxyl groups excluding tert-OH is 1. The number of carbonyl (C=O) groups is 2. The van der Waals surface area contributed by atoms with Crippen molar-refractivity contribution in [1.82, 2.24) is 0 Å². The molecule has 0 saturated carbocycles. The van der Waals surface area contributed by atoms with Crippen molar-refractivity contribution in [1.29, 1.82) is 0 Å². The van der Waals surface area contributed by atoms with Gasteiger partial charge in [-0.3, -0.25) is 19.7 Å². The fraction of sp³-hybridized carbons (Fsp3) is 0.158. The van der Waals surface area contributed by atoms with Crippen LogP contribution in [-0.4, -0.2) is 27.4 Å². The van der Waals surface area contributed by atoms with Crippen molar-refractivity contribution in [2.75, 3.05) is 4.90 Å². The van der Waals surface area contributed by atoms with Gasteiger partial charge in [0.2, 0.25) is 5.91 Å². The van der Waals surface area contributed by atoms with Gasteiger partial charge in [0, 0.05) is 17.5 Å². The average molecular weight is 364 g/mol. The topological polar surface area (TPSA) is 110 Å². The molecule has 2 unspecified atom stereocenters. The molecule has 2 atom stereocenters. The molecule has 2 aromatic carbocycles. The van der Waals surface area contributed by atoms with Crippen LogP contribution in [0.3, 0.4) is 0 Å². The minimum absolute atomic E-state index is 0.0946. The highest BCUT2D eigenvalue weighted by atomic mass is 16.6. The van der Waals surface area contributed by atoms with Crippen LogP contribution in [0.2, 0.25) is 0 Å². The number of ether oxygens (including phenoxy) is 1. The number of benzene rings is 2. The summed E-state index contributed by atoms with van der Waals surface area (Å²) in [5, 5.41) is 22.2. The van der Waals surface area contributed by atoms with E-state index in [4.69, 9.17) is 4.74 Å². The van der Waals surface area contributed by atoms with Gasteiger partial charge >= 0.3 is 0 Å². The summed E-state index contributed by atoms with van der Waals surface area (Å²) >= 11 is 0. The summed E-state index contributed by atoms with van der Waals surface area (Å²) in [5.74, 6) is -1.88. The van der Waals surface area contributed by atoms with Gasteiger partial charge in [-0.05, 0) is 19.1 Å². The molecule has 0 radical (unpaired) electrons. The Morgan fingerprint density at radius 1 is 1.19 bits per heavy atom. The molecular formula is C19H12N2O6. The van der Waals surface area contributed by atoms with E-state index in [2.05, 4.69) is 0 Å². The second-order valence-corrected chi connectivity index (χ2v) is 6.83. The lowest BCUT2D eigenvalue weighted by atomic mass is 9.82. The number of carbonyl (C=O) groups excluding carboxylic acids is 2. The van der Waals surface area contributed by atoms with Crippen LogP contribution in [0.1, 0.15) is 6.92 Å². The highest BCUT2D eigenvalue weighted by molar-refractivity contribution is 6.32. The Balaban J connectivity index is 1.72. The zero-order valence-electron chi connectivity index (χ0n) is 14.0. The van der Waals surface area contributed by atoms with Crippen molar-refractivity contribution in [3.63, 3.8) is 0 Å². The van der Waals surface area contributed by atoms with Gasteiger partial charge in [0.1, 0.15) is 17.4 Å². The van der Waals surface area contributed by atoms with Gasteiger partial charge in [-0.15, -0.1) is 0 Å². The summed E-state index contributed by atoms with van der Waals surface area (Å²) in [4.78, 5) is 38.0. The minimum Gasteiger partial charge on any atom is -0.508 e. The smallest absolute Gasteiger partial charge is 0.277 e. The quantitative estimate of drug-likeness (QED) is 0.498. The summed E-state index contributed by atoms with van der Waals surface area (Å²) < 4.78 is 5.58. The van der Waals surface area contributed by atoms with Gasteiger partial charge in [-0.1, -0.05) is 18.2 Å². The maximum atomic E-state index is 13.1. The second kappa shape index (κ2) is 4.73. The summed E-state index contributed by atoms with van der Waals surface area (Å²) in [5.41, 5.74) is -0.910. The normalized spacial score (nSPS) is 25.9. The number of imide groups is 1. The molecule has 2 amide bonds. The predicted octanol–water partition coefficient (Wildman–Crippen LogP) is 2.74. The molecule has 0 spiro atoms. The second-order valence-electron chi connectivity index (χ2n) is 6.83. The molecule has 2 aromatic rings. The highest BCUT2D eigenvalue weighted by Crippen LogP contribution is 2.54. The van der Waals surface area contributed by atoms with E-state index in [-0.39, 0.29) is 28.5 Å². The van der Waals surface area contributed by atoms with Gasteiger partial charge in [-0.2, -0.15) is 0 Å². The maximum Gasteiger partial charge on any atom is 0.277 e. The summed E-state index contributed by atoms with van der Waals surface area (Å²) in [6.07, 6.45) is 1.36. The van der Waals surface area contributed by atoms with Crippen LogP contribution < -0.4 is 4.90 Å². The van der Waals surface area contributed by atoms with Crippen molar-refractivity contribution >= 4 is 34.0 Å². The van der Waals surface area contributed by atoms with Crippen molar-refractivity contribution in [3.8, 4) is 0 Å². The fourth-order valence-electron chi connectivity index (χ4n) is 4.12. The average Bonchev–Trinajstić information content (AvgIpc) is 3.20. The first-order valence-electron chi connectivity index (χ1n) is 8.23. The molecule has 2 bridgehead atoms. The first-order valence-corrected chi connectivity index (χ1v) is 8.23. The number of aliphatic hydroxyl groups is 1. The van der Waals surface area contributed by atoms with Crippen LogP contribution in [0.15, 0.2) is 59.6 Å². The number of amides is 2. The van der Waals surface area contributed by atoms with Crippen LogP contribution in [0.5, 0.6) is 0 Å². The number of nitro groups is 1. The highest BCUT2D eigenvalue weighted by Gasteiger charge is 2.64. The van der Waals surface area contributed by atoms with Crippen molar-refractivity contribution < 1.29 is 24.4 Å². The number of non-ortho nitro benzene ring substituents is 1. The molecule has 8 nitrogen and oxygen atoms in total. The van der Waals surface area contributed by atoms with Crippen LogP contribution in [0.4, 0.5) is 11.4 Å². The lowest BCUT2D eigenvalue weighted by molar-refractivity contribution is -0.383. The monoisotopic (exact) mass is 364 g/mol. The van der Waals surface area contributed by atoms with Crippen molar-refractivity contribution in [3.05, 3.63) is 69.7 Å². The molecule has 134 valence electrons. The van der Waals surface area contributed by atoms with E-state index in [1.165, 1.54) is 18.2 Å². The van der Waals surface area contributed by atoms with Crippen LogP contribution >= 0.6 is 0 Å². The van der Waals surface area contributed by atoms with Gasteiger partial charge in [-0.25, -0.2) is 4.90 Å². The molecule has 1 N–H and O–H groups in total. The number of hydrogen-bond acceptors (Lipinski definition) is 6. The first kappa shape index (κ1) is 15.6. The number of nitrogens with zero attached hydrogens (tertiary/aromatic N) is 2. The van der Waals surface area contributed by atoms with Crippen LogP contribution in [0, 0.1) is 16.0 Å². The van der Waals surface area contributed by atoms with E-state index in [0.29, 0.717) is 10.8 Å². The molecule has 3 aliphatic heterocycles. The predicted molar refractivity (Wildman–Crippen MR) is 93.8 cm³/mol. The Labute approximate surface area is 152 Å². The Kier molecular flexibility index (Phi) is 2.73. The van der Waals surface area contributed by atoms with Gasteiger partial charge in [0.05, 0.1) is 21.6 Å². The third-order valence-electron chi connectivity index (χ3n) is 5.42. The molecule has 1 saturated heterocycles. The van der Waals surface area contributed by atoms with E-state index >= 15 is 0 Å². The summed E-state index contributed by atoms with van der Waals surface area (Å²) in [6, 6.07) is 9.24. The lowest BCUT2D eigenvalue weighted by Gasteiger charge is -2.26. The number of fused-ring (bicyclic) bond motifs is 5. The van der Waals surface area contributed by atoms with E-state index in [0.717, 1.165) is 4.90 Å². The Morgan fingerprint density at radius 2 is 1.89 bits per heavy atom. The number of allylic oxidation sites excluding steroid dienone is 1. The van der Waals surface area contributed by atoms with E-state index in [1.807, 2.05) is 0 Å². The molecule has 3 aliphatic rings. The van der Waals surface area contributed by atoms with Gasteiger partial charge in [0.25, 0.3) is 11.6 Å². The SMILES string of the molecule is CC12OC(=C3C(=O)N(c4ccc([N+](=O)[O-])c5ccccc45)C(=O)C31)C=C2O. The number of hydrogen-bond donors (Lipinski definition) is 1. The Hall–Kier alpha value is -3.68. The molecule has 1 fully saturated rings. The summed E-state index contributed by atoms with van der Waals surface area (Å²) in [6.45, 7) is 1.56. The van der Waals surface area contributed by atoms with Gasteiger partial charge < -0.3 is 9.84 Å². The van der Waals surface area contributed by atoms with E-state index in [1.54, 1.807) is 31.2 Å². The number of rotatable bonds is 2. The standard InChI is InChI=1S/C19H12N2O6/c1-19-14(22)8-13(27-19)15-16(19)18(24)20(17(15)23)11-6-7-12(21(25)26)10-5-3-2-4-9(10)11/h2-8,16,22H,1H3. The zero-order chi connectivity index (χ0) is 19.1. The van der Waals surface area contributed by atoms with Crippen LogP contribution in [-0.2, 0) is 14.3 Å². The number of anilines is 1. The van der Waals surface area contributed by atoms with E-state index in [9.17, 15) is 24.8 Å². The van der Waals surface area contributed by atoms with Gasteiger partial charge in [0.15, 0.2) is 5.60 Å². The molecule has 3 heterocycles. The molecular weight excluding hydrogens is 352 g/mol.